The van der Waals surface area contributed by atoms with Crippen LogP contribution in [0.15, 0.2) is 53.1 Å². The van der Waals surface area contributed by atoms with E-state index < -0.39 is 4.92 Å². The molecule has 0 bridgehead atoms. The van der Waals surface area contributed by atoms with Crippen LogP contribution in [0, 0.1) is 10.1 Å². The van der Waals surface area contributed by atoms with Crippen LogP contribution < -0.4 is 10.1 Å². The van der Waals surface area contributed by atoms with Crippen molar-refractivity contribution < 1.29 is 14.4 Å². The predicted octanol–water partition coefficient (Wildman–Crippen LogP) is 5.10. The second-order valence-corrected chi connectivity index (χ2v) is 7.05. The van der Waals surface area contributed by atoms with E-state index in [0.29, 0.717) is 35.6 Å². The SMILES string of the molecule is COCCOc1cc2c(N[C@H](C)c3ccccc3)c([N+](=O)[O-])cnc2cc1Br. The van der Waals surface area contributed by atoms with Gasteiger partial charge in [0, 0.05) is 18.5 Å². The van der Waals surface area contributed by atoms with E-state index in [-0.39, 0.29) is 11.7 Å². The Morgan fingerprint density at radius 1 is 1.25 bits per heavy atom. The van der Waals surface area contributed by atoms with Crippen molar-refractivity contribution >= 4 is 38.2 Å². The summed E-state index contributed by atoms with van der Waals surface area (Å²) in [6.45, 7) is 2.76. The van der Waals surface area contributed by atoms with Crippen molar-refractivity contribution in [3.63, 3.8) is 0 Å². The van der Waals surface area contributed by atoms with E-state index in [2.05, 4.69) is 26.2 Å². The summed E-state index contributed by atoms with van der Waals surface area (Å²) in [6, 6.07) is 13.2. The van der Waals surface area contributed by atoms with Crippen LogP contribution in [-0.2, 0) is 4.74 Å². The van der Waals surface area contributed by atoms with Crippen molar-refractivity contribution in [2.75, 3.05) is 25.6 Å². The van der Waals surface area contributed by atoms with Crippen molar-refractivity contribution in [3.8, 4) is 5.75 Å². The summed E-state index contributed by atoms with van der Waals surface area (Å²) < 4.78 is 11.5. The predicted molar refractivity (Wildman–Crippen MR) is 112 cm³/mol. The smallest absolute Gasteiger partial charge is 0.311 e. The summed E-state index contributed by atoms with van der Waals surface area (Å²) in [5.74, 6) is 0.572. The van der Waals surface area contributed by atoms with Gasteiger partial charge in [-0.05, 0) is 40.5 Å². The van der Waals surface area contributed by atoms with E-state index in [4.69, 9.17) is 9.47 Å². The van der Waals surface area contributed by atoms with Gasteiger partial charge in [0.15, 0.2) is 0 Å². The zero-order valence-corrected chi connectivity index (χ0v) is 17.1. The highest BCUT2D eigenvalue weighted by atomic mass is 79.9. The molecule has 1 aromatic heterocycles. The Labute approximate surface area is 171 Å². The Kier molecular flexibility index (Phi) is 6.43. The van der Waals surface area contributed by atoms with Crippen molar-refractivity contribution in [2.45, 2.75) is 13.0 Å². The Morgan fingerprint density at radius 2 is 2.00 bits per heavy atom. The van der Waals surface area contributed by atoms with Gasteiger partial charge in [-0.15, -0.1) is 0 Å². The minimum absolute atomic E-state index is 0.0829. The fourth-order valence-corrected chi connectivity index (χ4v) is 3.31. The monoisotopic (exact) mass is 445 g/mol. The van der Waals surface area contributed by atoms with Gasteiger partial charge in [0.1, 0.15) is 24.2 Å². The third-order valence-electron chi connectivity index (χ3n) is 4.30. The Balaban J connectivity index is 2.07. The number of ether oxygens (including phenoxy) is 2. The van der Waals surface area contributed by atoms with Crippen molar-refractivity contribution in [1.29, 1.82) is 0 Å². The lowest BCUT2D eigenvalue weighted by Crippen LogP contribution is -2.09. The molecule has 0 unspecified atom stereocenters. The first-order valence-electron chi connectivity index (χ1n) is 8.71. The molecule has 3 rings (SSSR count). The zero-order chi connectivity index (χ0) is 20.1. The molecule has 146 valence electrons. The number of rotatable bonds is 8. The lowest BCUT2D eigenvalue weighted by atomic mass is 10.1. The van der Waals surface area contributed by atoms with Crippen LogP contribution in [0.2, 0.25) is 0 Å². The van der Waals surface area contributed by atoms with Gasteiger partial charge in [0.25, 0.3) is 0 Å². The average Bonchev–Trinajstić information content (AvgIpc) is 2.69. The van der Waals surface area contributed by atoms with E-state index in [1.165, 1.54) is 6.20 Å². The maximum absolute atomic E-state index is 11.6. The molecular formula is C20H20BrN3O4. The van der Waals surface area contributed by atoms with Crippen molar-refractivity contribution in [3.05, 3.63) is 68.8 Å². The topological polar surface area (TPSA) is 86.5 Å². The second kappa shape index (κ2) is 8.99. The molecule has 3 aromatic rings. The summed E-state index contributed by atoms with van der Waals surface area (Å²) in [7, 11) is 1.60. The Bertz CT molecular complexity index is 982. The Morgan fingerprint density at radius 3 is 2.68 bits per heavy atom. The summed E-state index contributed by atoms with van der Waals surface area (Å²) >= 11 is 3.47. The molecule has 8 heteroatoms. The van der Waals surface area contributed by atoms with Gasteiger partial charge in [0.2, 0.25) is 0 Å². The van der Waals surface area contributed by atoms with E-state index in [0.717, 1.165) is 10.0 Å². The molecule has 0 fully saturated rings. The van der Waals surface area contributed by atoms with Crippen LogP contribution in [-0.4, -0.2) is 30.2 Å². The zero-order valence-electron chi connectivity index (χ0n) is 15.5. The highest BCUT2D eigenvalue weighted by Crippen LogP contribution is 2.38. The molecule has 0 amide bonds. The number of hydrogen-bond donors (Lipinski definition) is 1. The largest absolute Gasteiger partial charge is 0.490 e. The van der Waals surface area contributed by atoms with Crippen LogP contribution in [0.3, 0.4) is 0 Å². The molecule has 0 radical (unpaired) electrons. The standard InChI is InChI=1S/C20H20BrN3O4/c1-13(14-6-4-3-5-7-14)23-20-15-10-19(28-9-8-27-2)16(21)11-17(15)22-12-18(20)24(25)26/h3-7,10-13H,8-9H2,1-2H3,(H,22,23)/t13-/m1/s1. The van der Waals surface area contributed by atoms with Gasteiger partial charge in [-0.25, -0.2) is 4.98 Å². The van der Waals surface area contributed by atoms with Gasteiger partial charge in [-0.1, -0.05) is 30.3 Å². The van der Waals surface area contributed by atoms with Crippen LogP contribution in [0.4, 0.5) is 11.4 Å². The molecule has 0 aliphatic carbocycles. The molecule has 0 spiro atoms. The number of hydrogen-bond acceptors (Lipinski definition) is 6. The minimum Gasteiger partial charge on any atom is -0.490 e. The quantitative estimate of drug-likeness (QED) is 0.294. The first-order chi connectivity index (χ1) is 13.5. The fourth-order valence-electron chi connectivity index (χ4n) is 2.86. The lowest BCUT2D eigenvalue weighted by Gasteiger charge is -2.18. The summed E-state index contributed by atoms with van der Waals surface area (Å²) in [6.07, 6.45) is 1.28. The number of nitrogens with zero attached hydrogens (tertiary/aromatic N) is 2. The van der Waals surface area contributed by atoms with Gasteiger partial charge >= 0.3 is 5.69 Å². The number of aromatic nitrogens is 1. The van der Waals surface area contributed by atoms with Crippen LogP contribution in [0.5, 0.6) is 5.75 Å². The number of pyridine rings is 1. The Hall–Kier alpha value is -2.71. The van der Waals surface area contributed by atoms with E-state index >= 15 is 0 Å². The molecule has 28 heavy (non-hydrogen) atoms. The highest BCUT2D eigenvalue weighted by Gasteiger charge is 2.21. The lowest BCUT2D eigenvalue weighted by molar-refractivity contribution is -0.384. The summed E-state index contributed by atoms with van der Waals surface area (Å²) in [5.41, 5.74) is 1.98. The van der Waals surface area contributed by atoms with Crippen molar-refractivity contribution in [1.82, 2.24) is 4.98 Å². The number of methoxy groups -OCH3 is 1. The van der Waals surface area contributed by atoms with Crippen LogP contribution in [0.1, 0.15) is 18.5 Å². The number of anilines is 1. The number of halogens is 1. The van der Waals surface area contributed by atoms with Gasteiger partial charge in [-0.2, -0.15) is 0 Å². The first-order valence-corrected chi connectivity index (χ1v) is 9.50. The van der Waals surface area contributed by atoms with Crippen LogP contribution in [0.25, 0.3) is 10.9 Å². The molecule has 0 saturated heterocycles. The van der Waals surface area contributed by atoms with Gasteiger partial charge in [0.05, 0.1) is 21.5 Å². The molecule has 2 aromatic carbocycles. The maximum Gasteiger partial charge on any atom is 0.311 e. The first kappa shape index (κ1) is 20.0. The molecule has 1 heterocycles. The molecule has 1 atom stereocenters. The minimum atomic E-state index is -0.431. The van der Waals surface area contributed by atoms with Gasteiger partial charge in [-0.3, -0.25) is 10.1 Å². The molecule has 0 aliphatic rings. The molecule has 7 nitrogen and oxygen atoms in total. The summed E-state index contributed by atoms with van der Waals surface area (Å²) in [5, 5.41) is 15.5. The van der Waals surface area contributed by atoms with Crippen LogP contribution >= 0.6 is 15.9 Å². The van der Waals surface area contributed by atoms with E-state index in [1.807, 2.05) is 37.3 Å². The van der Waals surface area contributed by atoms with Gasteiger partial charge < -0.3 is 14.8 Å². The average molecular weight is 446 g/mol. The van der Waals surface area contributed by atoms with E-state index in [1.54, 1.807) is 19.2 Å². The maximum atomic E-state index is 11.6. The second-order valence-electron chi connectivity index (χ2n) is 6.19. The van der Waals surface area contributed by atoms with Crippen molar-refractivity contribution in [2.24, 2.45) is 0 Å². The molecule has 0 saturated carbocycles. The third kappa shape index (κ3) is 4.40. The number of benzene rings is 2. The molecular weight excluding hydrogens is 426 g/mol. The third-order valence-corrected chi connectivity index (χ3v) is 4.92. The number of fused-ring (bicyclic) bond motifs is 1. The normalized spacial score (nSPS) is 12.0. The fraction of sp³-hybridized carbons (Fsp3) is 0.250. The molecule has 0 aliphatic heterocycles. The van der Waals surface area contributed by atoms with E-state index in [9.17, 15) is 10.1 Å². The highest BCUT2D eigenvalue weighted by molar-refractivity contribution is 9.10. The number of nitrogens with one attached hydrogen (secondary N) is 1. The number of nitro groups is 1. The molecule has 1 N–H and O–H groups in total. The summed E-state index contributed by atoms with van der Waals surface area (Å²) in [4.78, 5) is 15.4.